The average Bonchev–Trinajstić information content (AvgIpc) is 3.30. The van der Waals surface area contributed by atoms with Crippen molar-refractivity contribution in [1.82, 2.24) is 5.32 Å². The second kappa shape index (κ2) is 38.5. The number of carbonyl (C=O) groups is 4. The van der Waals surface area contributed by atoms with Gasteiger partial charge in [-0.3, -0.25) is 9.59 Å². The first kappa shape index (κ1) is 56.4. The van der Waals surface area contributed by atoms with Crippen molar-refractivity contribution in [1.29, 1.82) is 0 Å². The maximum absolute atomic E-state index is 13.9. The van der Waals surface area contributed by atoms with Crippen LogP contribution in [0.25, 0.3) is 0 Å². The molecule has 0 saturated carbocycles. The predicted molar refractivity (Wildman–Crippen MR) is 260 cm³/mol. The Bertz CT molecular complexity index is 1450. The van der Waals surface area contributed by atoms with Crippen molar-refractivity contribution >= 4 is 23.8 Å². The maximum Gasteiger partial charge on any atom is 0.338 e. The van der Waals surface area contributed by atoms with Crippen molar-refractivity contribution in [2.45, 2.75) is 244 Å². The van der Waals surface area contributed by atoms with Gasteiger partial charge >= 0.3 is 17.9 Å². The molecule has 0 bridgehead atoms. The number of hydrogen-bond donors (Lipinski definition) is 2. The van der Waals surface area contributed by atoms with E-state index in [1.54, 1.807) is 60.7 Å². The standard InChI is InChI=1S/C55H89NO8/c1-4-6-8-10-12-14-15-16-17-18-19-20-21-22-23-24-26-28-30-38-44-51(62-46(3)58)53(59)56-49(45-57)52(64-55(61)48-41-35-32-36-42-48)50(63-54(60)47-39-33-31-34-40-47)43-37-29-27-25-13-11-9-7-5-2/h31-36,39-42,49-52,57H,4-30,37-38,43-45H2,1-3H3,(H,56,59)/t49-,50+,51+,52-/m0/s1. The molecule has 2 aromatic carbocycles. The molecule has 0 radical (unpaired) electrons. The van der Waals surface area contributed by atoms with Gasteiger partial charge in [-0.25, -0.2) is 9.59 Å². The number of nitrogens with one attached hydrogen (secondary N) is 1. The Labute approximate surface area is 389 Å². The van der Waals surface area contributed by atoms with Crippen LogP contribution in [0.5, 0.6) is 0 Å². The summed E-state index contributed by atoms with van der Waals surface area (Å²) < 4.78 is 17.7. The number of aliphatic hydroxyl groups excluding tert-OH is 1. The molecular formula is C55H89NO8. The lowest BCUT2D eigenvalue weighted by Gasteiger charge is -2.33. The fourth-order valence-electron chi connectivity index (χ4n) is 8.45. The average molecular weight is 892 g/mol. The van der Waals surface area contributed by atoms with Crippen molar-refractivity contribution < 1.29 is 38.5 Å². The molecule has 0 unspecified atom stereocenters. The molecule has 1 amide bonds. The van der Waals surface area contributed by atoms with Crippen LogP contribution >= 0.6 is 0 Å². The molecule has 2 aromatic rings. The molecule has 0 saturated heterocycles. The van der Waals surface area contributed by atoms with E-state index in [2.05, 4.69) is 19.2 Å². The number of unbranched alkanes of at least 4 members (excludes halogenated alkanes) is 27. The molecule has 0 aromatic heterocycles. The van der Waals surface area contributed by atoms with Crippen molar-refractivity contribution in [3.8, 4) is 0 Å². The second-order valence-electron chi connectivity index (χ2n) is 18.1. The number of benzene rings is 2. The lowest BCUT2D eigenvalue weighted by molar-refractivity contribution is -0.155. The quantitative estimate of drug-likeness (QED) is 0.0384. The highest BCUT2D eigenvalue weighted by atomic mass is 16.6. The zero-order valence-corrected chi connectivity index (χ0v) is 40.5. The van der Waals surface area contributed by atoms with E-state index >= 15 is 0 Å². The Kier molecular flexibility index (Phi) is 34.0. The number of esters is 3. The zero-order chi connectivity index (χ0) is 46.3. The van der Waals surface area contributed by atoms with E-state index in [4.69, 9.17) is 14.2 Å². The second-order valence-corrected chi connectivity index (χ2v) is 18.1. The lowest BCUT2D eigenvalue weighted by atomic mass is 9.98. The van der Waals surface area contributed by atoms with Crippen LogP contribution < -0.4 is 5.32 Å². The number of ether oxygens (including phenoxy) is 3. The normalized spacial score (nSPS) is 13.1. The van der Waals surface area contributed by atoms with Gasteiger partial charge in [-0.05, 0) is 49.9 Å². The van der Waals surface area contributed by atoms with Gasteiger partial charge in [-0.2, -0.15) is 0 Å². The van der Waals surface area contributed by atoms with Crippen LogP contribution in [0.4, 0.5) is 0 Å². The van der Waals surface area contributed by atoms with E-state index in [9.17, 15) is 24.3 Å². The summed E-state index contributed by atoms with van der Waals surface area (Å²) in [6.45, 7) is 5.15. The Morgan fingerprint density at radius 2 is 0.812 bits per heavy atom. The third-order valence-corrected chi connectivity index (χ3v) is 12.3. The molecule has 0 aliphatic rings. The summed E-state index contributed by atoms with van der Waals surface area (Å²) in [5.74, 6) is -2.44. The van der Waals surface area contributed by atoms with Crippen molar-refractivity contribution in [2.75, 3.05) is 6.61 Å². The van der Waals surface area contributed by atoms with Gasteiger partial charge in [0.15, 0.2) is 12.2 Å². The van der Waals surface area contributed by atoms with Gasteiger partial charge in [-0.1, -0.05) is 224 Å². The largest absolute Gasteiger partial charge is 0.455 e. The highest BCUT2D eigenvalue weighted by molar-refractivity contribution is 5.90. The van der Waals surface area contributed by atoms with E-state index in [1.165, 1.54) is 142 Å². The van der Waals surface area contributed by atoms with Crippen LogP contribution in [-0.4, -0.2) is 59.9 Å². The Morgan fingerprint density at radius 1 is 0.469 bits per heavy atom. The minimum absolute atomic E-state index is 0.282. The summed E-state index contributed by atoms with van der Waals surface area (Å²) in [6, 6.07) is 15.9. The van der Waals surface area contributed by atoms with E-state index in [0.29, 0.717) is 31.2 Å². The summed E-state index contributed by atoms with van der Waals surface area (Å²) in [7, 11) is 0. The Hall–Kier alpha value is -3.72. The van der Waals surface area contributed by atoms with Gasteiger partial charge in [0.1, 0.15) is 6.10 Å². The smallest absolute Gasteiger partial charge is 0.338 e. The number of rotatable bonds is 41. The zero-order valence-electron chi connectivity index (χ0n) is 40.5. The summed E-state index contributed by atoms with van der Waals surface area (Å²) in [6.07, 6.45) is 32.5. The molecule has 362 valence electrons. The van der Waals surface area contributed by atoms with Crippen LogP contribution in [0.3, 0.4) is 0 Å². The Morgan fingerprint density at radius 3 is 1.17 bits per heavy atom. The van der Waals surface area contributed by atoms with E-state index in [1.807, 2.05) is 0 Å². The number of carbonyl (C=O) groups excluding carboxylic acids is 4. The Balaban J connectivity index is 1.95. The third-order valence-electron chi connectivity index (χ3n) is 12.3. The van der Waals surface area contributed by atoms with Crippen LogP contribution in [-0.2, 0) is 23.8 Å². The summed E-state index contributed by atoms with van der Waals surface area (Å²) in [5.41, 5.74) is 0.617. The highest BCUT2D eigenvalue weighted by Crippen LogP contribution is 2.23. The number of aliphatic hydroxyl groups is 1. The van der Waals surface area contributed by atoms with Crippen molar-refractivity contribution in [3.63, 3.8) is 0 Å². The van der Waals surface area contributed by atoms with Gasteiger partial charge in [0, 0.05) is 6.92 Å². The molecule has 9 nitrogen and oxygen atoms in total. The first-order valence-electron chi connectivity index (χ1n) is 25.9. The highest BCUT2D eigenvalue weighted by Gasteiger charge is 2.38. The fraction of sp³-hybridized carbons (Fsp3) is 0.709. The van der Waals surface area contributed by atoms with E-state index < -0.39 is 54.8 Å². The summed E-state index contributed by atoms with van der Waals surface area (Å²) >= 11 is 0. The first-order valence-corrected chi connectivity index (χ1v) is 25.9. The third kappa shape index (κ3) is 27.6. The van der Waals surface area contributed by atoms with E-state index in [-0.39, 0.29) is 5.56 Å². The van der Waals surface area contributed by atoms with Gasteiger partial charge in [0.25, 0.3) is 5.91 Å². The molecule has 4 atom stereocenters. The first-order chi connectivity index (χ1) is 31.3. The molecular weight excluding hydrogens is 803 g/mol. The SMILES string of the molecule is CCCCCCCCCCCCCCCCCCCCCC[C@@H](OC(C)=O)C(=O)N[C@@H](CO)[C@H](OC(=O)c1ccccc1)[C@@H](CCCCCCCCCCC)OC(=O)c1ccccc1. The molecule has 0 spiro atoms. The minimum atomic E-state index is -1.24. The van der Waals surface area contributed by atoms with Gasteiger partial charge in [0.05, 0.1) is 23.8 Å². The molecule has 0 heterocycles. The summed E-state index contributed by atoms with van der Waals surface area (Å²) in [4.78, 5) is 53.2. The predicted octanol–water partition coefficient (Wildman–Crippen LogP) is 14.0. The van der Waals surface area contributed by atoms with Gasteiger partial charge in [-0.15, -0.1) is 0 Å². The van der Waals surface area contributed by atoms with Crippen molar-refractivity contribution in [2.24, 2.45) is 0 Å². The fourth-order valence-corrected chi connectivity index (χ4v) is 8.45. The van der Waals surface area contributed by atoms with Crippen LogP contribution in [0.2, 0.25) is 0 Å². The maximum atomic E-state index is 13.9. The van der Waals surface area contributed by atoms with Crippen LogP contribution in [0.1, 0.15) is 241 Å². The molecule has 0 aliphatic heterocycles. The minimum Gasteiger partial charge on any atom is -0.455 e. The van der Waals surface area contributed by atoms with Gasteiger partial charge < -0.3 is 24.6 Å². The molecule has 64 heavy (non-hydrogen) atoms. The number of hydrogen-bond acceptors (Lipinski definition) is 8. The van der Waals surface area contributed by atoms with Gasteiger partial charge in [0.2, 0.25) is 0 Å². The monoisotopic (exact) mass is 892 g/mol. The number of amides is 1. The van der Waals surface area contributed by atoms with E-state index in [0.717, 1.165) is 38.5 Å². The molecule has 0 aliphatic carbocycles. The van der Waals surface area contributed by atoms with Crippen LogP contribution in [0, 0.1) is 0 Å². The molecule has 9 heteroatoms. The summed E-state index contributed by atoms with van der Waals surface area (Å²) in [5, 5.41) is 13.7. The van der Waals surface area contributed by atoms with Crippen LogP contribution in [0.15, 0.2) is 60.7 Å². The topological polar surface area (TPSA) is 128 Å². The lowest BCUT2D eigenvalue weighted by Crippen LogP contribution is -2.55. The molecule has 2 N–H and O–H groups in total. The molecule has 0 fully saturated rings. The van der Waals surface area contributed by atoms with Crippen molar-refractivity contribution in [3.05, 3.63) is 71.8 Å². The molecule has 2 rings (SSSR count).